The van der Waals surface area contributed by atoms with Crippen molar-refractivity contribution in [3.63, 3.8) is 0 Å². The van der Waals surface area contributed by atoms with E-state index < -0.39 is 0 Å². The highest BCUT2D eigenvalue weighted by Crippen LogP contribution is 2.29. The van der Waals surface area contributed by atoms with E-state index >= 15 is 0 Å². The van der Waals surface area contributed by atoms with Gasteiger partial charge in [0, 0.05) is 18.8 Å². The van der Waals surface area contributed by atoms with Crippen LogP contribution in [0.5, 0.6) is 11.5 Å². The number of hydrogen-bond acceptors (Lipinski definition) is 6. The Morgan fingerprint density at radius 1 is 1.24 bits per heavy atom. The summed E-state index contributed by atoms with van der Waals surface area (Å²) < 4.78 is 17.2. The number of aromatic nitrogens is 2. The molecule has 1 fully saturated rings. The summed E-state index contributed by atoms with van der Waals surface area (Å²) in [6.07, 6.45) is 6.85. The van der Waals surface area contributed by atoms with Crippen molar-refractivity contribution in [3.8, 4) is 11.5 Å². The summed E-state index contributed by atoms with van der Waals surface area (Å²) in [6, 6.07) is 10.4. The molecule has 130 valence electrons. The lowest BCUT2D eigenvalue weighted by molar-refractivity contribution is 0.254. The van der Waals surface area contributed by atoms with Gasteiger partial charge in [0.15, 0.2) is 5.58 Å². The van der Waals surface area contributed by atoms with Crippen molar-refractivity contribution < 1.29 is 13.9 Å². The smallest absolute Gasteiger partial charge is 0.298 e. The number of piperidine rings is 1. The lowest BCUT2D eigenvalue weighted by Gasteiger charge is -2.34. The van der Waals surface area contributed by atoms with E-state index in [-0.39, 0.29) is 6.04 Å². The normalized spacial score (nSPS) is 17.6. The molecule has 2 aromatic heterocycles. The predicted octanol–water partition coefficient (Wildman–Crippen LogP) is 3.67. The summed E-state index contributed by atoms with van der Waals surface area (Å²) in [6.45, 7) is 1.51. The first kappa shape index (κ1) is 15.7. The van der Waals surface area contributed by atoms with E-state index in [4.69, 9.17) is 13.9 Å². The Kier molecular flexibility index (Phi) is 4.41. The summed E-state index contributed by atoms with van der Waals surface area (Å²) >= 11 is 0. The second-order valence-corrected chi connectivity index (χ2v) is 6.17. The van der Waals surface area contributed by atoms with Gasteiger partial charge in [-0.05, 0) is 43.5 Å². The maximum absolute atomic E-state index is 6.00. The van der Waals surface area contributed by atoms with Crippen LogP contribution in [0.25, 0.3) is 11.1 Å². The fourth-order valence-corrected chi connectivity index (χ4v) is 3.19. The van der Waals surface area contributed by atoms with Crippen molar-refractivity contribution in [2.45, 2.75) is 25.3 Å². The van der Waals surface area contributed by atoms with Crippen molar-refractivity contribution in [2.75, 3.05) is 25.2 Å². The van der Waals surface area contributed by atoms with Gasteiger partial charge >= 0.3 is 0 Å². The number of pyridine rings is 1. The van der Waals surface area contributed by atoms with Crippen molar-refractivity contribution in [3.05, 3.63) is 42.7 Å². The number of benzene rings is 1. The monoisotopic (exact) mass is 339 g/mol. The van der Waals surface area contributed by atoms with Crippen LogP contribution in [0.4, 0.5) is 6.01 Å². The molecule has 3 aromatic rings. The number of anilines is 1. The van der Waals surface area contributed by atoms with Crippen LogP contribution in [0.2, 0.25) is 0 Å². The van der Waals surface area contributed by atoms with Crippen molar-refractivity contribution in [1.29, 1.82) is 0 Å². The molecule has 0 saturated carbocycles. The quantitative estimate of drug-likeness (QED) is 0.707. The fourth-order valence-electron chi connectivity index (χ4n) is 3.19. The SMILES string of the molecule is COc1ccc2nc(N3CCCCC3COc3cccnc3)oc2c1. The van der Waals surface area contributed by atoms with Crippen LogP contribution in [0, 0.1) is 0 Å². The number of ether oxygens (including phenoxy) is 2. The number of rotatable bonds is 5. The molecule has 1 aliphatic heterocycles. The Labute approximate surface area is 146 Å². The summed E-state index contributed by atoms with van der Waals surface area (Å²) in [5, 5.41) is 0. The Balaban J connectivity index is 1.54. The molecular formula is C19H21N3O3. The first-order chi connectivity index (χ1) is 12.3. The van der Waals surface area contributed by atoms with Crippen LogP contribution in [0.3, 0.4) is 0 Å². The summed E-state index contributed by atoms with van der Waals surface area (Å²) in [5.41, 5.74) is 1.58. The van der Waals surface area contributed by atoms with Crippen LogP contribution in [-0.4, -0.2) is 36.3 Å². The van der Waals surface area contributed by atoms with E-state index in [9.17, 15) is 0 Å². The highest BCUT2D eigenvalue weighted by atomic mass is 16.5. The van der Waals surface area contributed by atoms with Gasteiger partial charge in [0.1, 0.15) is 23.6 Å². The zero-order chi connectivity index (χ0) is 17.1. The van der Waals surface area contributed by atoms with Gasteiger partial charge in [-0.15, -0.1) is 0 Å². The van der Waals surface area contributed by atoms with Crippen LogP contribution in [0.1, 0.15) is 19.3 Å². The molecule has 0 radical (unpaired) electrons. The number of hydrogen-bond donors (Lipinski definition) is 0. The van der Waals surface area contributed by atoms with Crippen molar-refractivity contribution in [1.82, 2.24) is 9.97 Å². The first-order valence-corrected chi connectivity index (χ1v) is 8.57. The van der Waals surface area contributed by atoms with E-state index in [2.05, 4.69) is 14.9 Å². The topological polar surface area (TPSA) is 60.6 Å². The minimum absolute atomic E-state index is 0.240. The Morgan fingerprint density at radius 2 is 2.20 bits per heavy atom. The molecule has 0 N–H and O–H groups in total. The molecule has 3 heterocycles. The van der Waals surface area contributed by atoms with Gasteiger partial charge in [0.25, 0.3) is 6.01 Å². The molecule has 1 aliphatic rings. The van der Waals surface area contributed by atoms with Gasteiger partial charge in [-0.25, -0.2) is 0 Å². The highest BCUT2D eigenvalue weighted by molar-refractivity contribution is 5.76. The largest absolute Gasteiger partial charge is 0.497 e. The lowest BCUT2D eigenvalue weighted by Crippen LogP contribution is -2.43. The summed E-state index contributed by atoms with van der Waals surface area (Å²) in [7, 11) is 1.65. The molecule has 25 heavy (non-hydrogen) atoms. The minimum Gasteiger partial charge on any atom is -0.497 e. The van der Waals surface area contributed by atoms with Gasteiger partial charge in [-0.2, -0.15) is 4.98 Å². The molecule has 0 spiro atoms. The van der Waals surface area contributed by atoms with E-state index in [0.29, 0.717) is 12.6 Å². The van der Waals surface area contributed by atoms with Gasteiger partial charge in [-0.1, -0.05) is 0 Å². The van der Waals surface area contributed by atoms with Gasteiger partial charge in [0.2, 0.25) is 0 Å². The Hall–Kier alpha value is -2.76. The number of fused-ring (bicyclic) bond motifs is 1. The van der Waals surface area contributed by atoms with Crippen LogP contribution < -0.4 is 14.4 Å². The average Bonchev–Trinajstić information content (AvgIpc) is 3.10. The predicted molar refractivity (Wildman–Crippen MR) is 95.3 cm³/mol. The third-order valence-corrected chi connectivity index (χ3v) is 4.53. The van der Waals surface area contributed by atoms with Crippen LogP contribution >= 0.6 is 0 Å². The number of methoxy groups -OCH3 is 1. The summed E-state index contributed by atoms with van der Waals surface area (Å²) in [4.78, 5) is 11.0. The van der Waals surface area contributed by atoms with Gasteiger partial charge in [0.05, 0.1) is 19.3 Å². The molecule has 6 heteroatoms. The van der Waals surface area contributed by atoms with E-state index in [0.717, 1.165) is 42.0 Å². The Morgan fingerprint density at radius 3 is 3.04 bits per heavy atom. The van der Waals surface area contributed by atoms with E-state index in [1.807, 2.05) is 30.3 Å². The number of oxazole rings is 1. The van der Waals surface area contributed by atoms with Crippen LogP contribution in [0.15, 0.2) is 47.1 Å². The van der Waals surface area contributed by atoms with E-state index in [1.54, 1.807) is 19.5 Å². The van der Waals surface area contributed by atoms with E-state index in [1.165, 1.54) is 6.42 Å². The van der Waals surface area contributed by atoms with Crippen molar-refractivity contribution in [2.24, 2.45) is 0 Å². The molecule has 0 aliphatic carbocycles. The Bertz CT molecular complexity index is 834. The van der Waals surface area contributed by atoms with Gasteiger partial charge < -0.3 is 18.8 Å². The molecular weight excluding hydrogens is 318 g/mol. The number of nitrogens with zero attached hydrogens (tertiary/aromatic N) is 3. The molecule has 0 amide bonds. The minimum atomic E-state index is 0.240. The summed E-state index contributed by atoms with van der Waals surface area (Å²) in [5.74, 6) is 1.56. The molecule has 6 nitrogen and oxygen atoms in total. The standard InChI is InChI=1S/C19H21N3O3/c1-23-15-7-8-17-18(11-15)25-19(21-17)22-10-3-2-5-14(22)13-24-16-6-4-9-20-12-16/h4,6-9,11-12,14H,2-3,5,10,13H2,1H3. The highest BCUT2D eigenvalue weighted by Gasteiger charge is 2.27. The molecule has 0 bridgehead atoms. The molecule has 4 rings (SSSR count). The third-order valence-electron chi connectivity index (χ3n) is 4.53. The van der Waals surface area contributed by atoms with Crippen molar-refractivity contribution >= 4 is 17.1 Å². The zero-order valence-corrected chi connectivity index (χ0v) is 14.2. The second-order valence-electron chi connectivity index (χ2n) is 6.17. The molecule has 1 saturated heterocycles. The molecule has 1 aromatic carbocycles. The maximum atomic E-state index is 6.00. The first-order valence-electron chi connectivity index (χ1n) is 8.57. The molecule has 1 atom stereocenters. The van der Waals surface area contributed by atoms with Gasteiger partial charge in [-0.3, -0.25) is 4.98 Å². The third kappa shape index (κ3) is 3.38. The maximum Gasteiger partial charge on any atom is 0.298 e. The average molecular weight is 339 g/mol. The fraction of sp³-hybridized carbons (Fsp3) is 0.368. The lowest BCUT2D eigenvalue weighted by atomic mass is 10.0. The second kappa shape index (κ2) is 7.01. The zero-order valence-electron chi connectivity index (χ0n) is 14.2. The molecule has 1 unspecified atom stereocenters. The van der Waals surface area contributed by atoms with Crippen LogP contribution in [-0.2, 0) is 0 Å².